The monoisotopic (exact) mass is 491 g/mol. The first-order valence-corrected chi connectivity index (χ1v) is 15.7. The van der Waals surface area contributed by atoms with E-state index in [2.05, 4.69) is 6.92 Å². The van der Waals surface area contributed by atoms with Gasteiger partial charge in [-0.1, -0.05) is 122 Å². The van der Waals surface area contributed by atoms with E-state index in [9.17, 15) is 18.1 Å². The highest BCUT2D eigenvalue weighted by molar-refractivity contribution is 7.85. The predicted octanol–water partition coefficient (Wildman–Crippen LogP) is 6.79. The van der Waals surface area contributed by atoms with Crippen molar-refractivity contribution >= 4 is 10.1 Å². The van der Waals surface area contributed by atoms with Crippen LogP contribution in [0.4, 0.5) is 0 Å². The van der Waals surface area contributed by atoms with E-state index in [0.717, 1.165) is 13.0 Å². The molecule has 0 aliphatic rings. The molecule has 0 aliphatic heterocycles. The van der Waals surface area contributed by atoms with Crippen molar-refractivity contribution in [3.63, 3.8) is 0 Å². The third-order valence-corrected chi connectivity index (χ3v) is 7.51. The maximum absolute atomic E-state index is 10.8. The Balaban J connectivity index is 3.34. The summed E-state index contributed by atoms with van der Waals surface area (Å²) >= 11 is 0. The zero-order valence-corrected chi connectivity index (χ0v) is 23.2. The number of nitrogens with zero attached hydrogens (tertiary/aromatic N) is 1. The summed E-state index contributed by atoms with van der Waals surface area (Å²) in [5.74, 6) is -0.687. The molecule has 0 saturated carbocycles. The molecule has 0 aromatic rings. The van der Waals surface area contributed by atoms with Gasteiger partial charge in [-0.25, -0.2) is 8.42 Å². The van der Waals surface area contributed by atoms with Crippen LogP contribution < -0.4 is 0 Å². The lowest BCUT2D eigenvalue weighted by molar-refractivity contribution is -0.893. The van der Waals surface area contributed by atoms with Crippen LogP contribution in [0, 0.1) is 0 Å². The Morgan fingerprint density at radius 2 is 0.939 bits per heavy atom. The first-order chi connectivity index (χ1) is 15.7. The molecule has 200 valence electrons. The lowest BCUT2D eigenvalue weighted by Gasteiger charge is -2.32. The number of hydrogen-bond donors (Lipinski definition) is 1. The molecule has 0 aromatic heterocycles. The van der Waals surface area contributed by atoms with Gasteiger partial charge in [0.2, 0.25) is 0 Å². The molecule has 0 radical (unpaired) electrons. The average molecular weight is 492 g/mol. The van der Waals surface area contributed by atoms with Crippen LogP contribution in [0.2, 0.25) is 0 Å². The van der Waals surface area contributed by atoms with Crippen molar-refractivity contribution in [2.75, 3.05) is 32.9 Å². The average Bonchev–Trinajstić information content (AvgIpc) is 2.70. The van der Waals surface area contributed by atoms with Crippen molar-refractivity contribution in [1.29, 1.82) is 0 Å². The summed E-state index contributed by atoms with van der Waals surface area (Å²) < 4.78 is 32.8. The highest BCUT2D eigenvalue weighted by atomic mass is 32.2. The molecule has 0 rings (SSSR count). The zero-order valence-electron chi connectivity index (χ0n) is 22.4. The van der Waals surface area contributed by atoms with E-state index < -0.39 is 22.0 Å². The maximum Gasteiger partial charge on any atom is 0.116 e. The Morgan fingerprint density at radius 3 is 1.24 bits per heavy atom. The minimum atomic E-state index is -4.36. The van der Waals surface area contributed by atoms with Gasteiger partial charge in [-0.2, -0.15) is 0 Å². The van der Waals surface area contributed by atoms with E-state index in [1.165, 1.54) is 122 Å². The number of hydrogen-bond acceptors (Lipinski definition) is 4. The van der Waals surface area contributed by atoms with Crippen LogP contribution >= 0.6 is 0 Å². The van der Waals surface area contributed by atoms with Crippen molar-refractivity contribution in [2.24, 2.45) is 0 Å². The third kappa shape index (κ3) is 26.3. The van der Waals surface area contributed by atoms with Crippen LogP contribution in [0.1, 0.15) is 135 Å². The number of unbranched alkanes of at least 4 members (excludes halogenated alkanes) is 19. The molecule has 0 bridgehead atoms. The van der Waals surface area contributed by atoms with Gasteiger partial charge < -0.3 is 14.1 Å². The molecule has 0 fully saturated rings. The molecular formula is C27H57NO4S. The fraction of sp³-hybridized carbons (Fsp3) is 1.00. The summed E-state index contributed by atoms with van der Waals surface area (Å²) in [6.07, 6.45) is 26.2. The summed E-state index contributed by atoms with van der Waals surface area (Å²) in [7, 11) is -0.396. The predicted molar refractivity (Wildman–Crippen MR) is 140 cm³/mol. The summed E-state index contributed by atoms with van der Waals surface area (Å²) in [6.45, 7) is 3.48. The van der Waals surface area contributed by atoms with Crippen molar-refractivity contribution in [1.82, 2.24) is 0 Å². The summed E-state index contributed by atoms with van der Waals surface area (Å²) in [6, 6.07) is 0. The van der Waals surface area contributed by atoms with Gasteiger partial charge in [-0.15, -0.1) is 0 Å². The molecule has 0 saturated heterocycles. The van der Waals surface area contributed by atoms with Crippen LogP contribution in [-0.4, -0.2) is 61.6 Å². The van der Waals surface area contributed by atoms with Crippen LogP contribution in [0.5, 0.6) is 0 Å². The molecule has 5 nitrogen and oxygen atoms in total. The molecule has 1 unspecified atom stereocenters. The van der Waals surface area contributed by atoms with Crippen molar-refractivity contribution in [2.45, 2.75) is 141 Å². The van der Waals surface area contributed by atoms with Gasteiger partial charge >= 0.3 is 0 Å². The number of quaternary nitrogens is 1. The molecule has 0 aliphatic carbocycles. The summed E-state index contributed by atoms with van der Waals surface area (Å²) in [5, 5.41) is 9.79. The number of rotatable bonds is 25. The van der Waals surface area contributed by atoms with Crippen molar-refractivity contribution in [3.8, 4) is 0 Å². The normalized spacial score (nSPS) is 13.5. The van der Waals surface area contributed by atoms with Crippen LogP contribution in [0.3, 0.4) is 0 Å². The molecule has 0 heterocycles. The maximum atomic E-state index is 10.8. The Hall–Kier alpha value is -0.170. The third-order valence-electron chi connectivity index (χ3n) is 6.72. The topological polar surface area (TPSA) is 77.4 Å². The smallest absolute Gasteiger partial charge is 0.116 e. The Morgan fingerprint density at radius 1 is 0.636 bits per heavy atom. The van der Waals surface area contributed by atoms with E-state index >= 15 is 0 Å². The van der Waals surface area contributed by atoms with Crippen molar-refractivity contribution < 1.29 is 22.6 Å². The molecule has 0 aromatic carbocycles. The molecule has 6 heteroatoms. The van der Waals surface area contributed by atoms with Gasteiger partial charge in [0.05, 0.1) is 36.5 Å². The van der Waals surface area contributed by atoms with Gasteiger partial charge in [0.15, 0.2) is 0 Å². The van der Waals surface area contributed by atoms with E-state index in [1.54, 1.807) is 0 Å². The van der Waals surface area contributed by atoms with Gasteiger partial charge in [-0.05, 0) is 12.8 Å². The molecule has 1 atom stereocenters. The molecule has 1 N–H and O–H groups in total. The quantitative estimate of drug-likeness (QED) is 0.0866. The van der Waals surface area contributed by atoms with Crippen LogP contribution in [0.25, 0.3) is 0 Å². The Labute approximate surface area is 207 Å². The van der Waals surface area contributed by atoms with Crippen LogP contribution in [-0.2, 0) is 10.1 Å². The first kappa shape index (κ1) is 32.8. The fourth-order valence-corrected chi connectivity index (χ4v) is 5.32. The lowest BCUT2D eigenvalue weighted by atomic mass is 10.0. The highest BCUT2D eigenvalue weighted by Crippen LogP contribution is 2.15. The Kier molecular flexibility index (Phi) is 21.0. The van der Waals surface area contributed by atoms with Gasteiger partial charge in [-0.3, -0.25) is 0 Å². The van der Waals surface area contributed by atoms with E-state index in [-0.39, 0.29) is 0 Å². The zero-order chi connectivity index (χ0) is 24.8. The molecule has 0 spiro atoms. The summed E-state index contributed by atoms with van der Waals surface area (Å²) in [5.41, 5.74) is 0. The number of aliphatic hydroxyl groups excluding tert-OH is 1. The standard InChI is InChI=1S/C27H57NO4S/c1-4-5-6-7-8-9-10-11-12-13-14-15-16-17-18-19-20-21-22-23-24-28(2,3)25-27(29)26-33(30,31)32/h27,29H,4-26H2,1-3H3. The van der Waals surface area contributed by atoms with Gasteiger partial charge in [0, 0.05) is 0 Å². The van der Waals surface area contributed by atoms with E-state index in [4.69, 9.17) is 0 Å². The van der Waals surface area contributed by atoms with Crippen LogP contribution in [0.15, 0.2) is 0 Å². The molecular weight excluding hydrogens is 434 g/mol. The largest absolute Gasteiger partial charge is 0.748 e. The molecule has 33 heavy (non-hydrogen) atoms. The number of aliphatic hydroxyl groups is 1. The van der Waals surface area contributed by atoms with E-state index in [0.29, 0.717) is 11.0 Å². The second kappa shape index (κ2) is 21.1. The summed E-state index contributed by atoms with van der Waals surface area (Å²) in [4.78, 5) is 0. The fourth-order valence-electron chi connectivity index (χ4n) is 4.75. The lowest BCUT2D eigenvalue weighted by Crippen LogP contribution is -2.47. The van der Waals surface area contributed by atoms with Gasteiger partial charge in [0.1, 0.15) is 12.6 Å². The second-order valence-electron chi connectivity index (χ2n) is 10.9. The molecule has 0 amide bonds. The van der Waals surface area contributed by atoms with Crippen molar-refractivity contribution in [3.05, 3.63) is 0 Å². The minimum Gasteiger partial charge on any atom is -0.748 e. The number of likely N-dealkylation sites (N-methyl/N-ethyl adjacent to an activating group) is 1. The second-order valence-corrected chi connectivity index (χ2v) is 12.4. The van der Waals surface area contributed by atoms with E-state index in [1.807, 2.05) is 14.1 Å². The highest BCUT2D eigenvalue weighted by Gasteiger charge is 2.21. The Bertz CT molecular complexity index is 522. The first-order valence-electron chi connectivity index (χ1n) is 14.1. The van der Waals surface area contributed by atoms with Gasteiger partial charge in [0.25, 0.3) is 0 Å². The minimum absolute atomic E-state index is 0.306. The SMILES string of the molecule is CCCCCCCCCCCCCCCCCCCCCC[N+](C)(C)CC(O)CS(=O)(=O)[O-].